The number of rotatable bonds is 7. The highest BCUT2D eigenvalue weighted by Gasteiger charge is 2.47. The first-order valence-corrected chi connectivity index (χ1v) is 11.1. The standard InChI is InChI=1S/C27H26N2O4/c1-3-15-33-22-9-5-7-19(16-22)25(30)23-24(20-8-6-14-28-17-20)29(27(32)26(23)31)21-12-10-18(4-2)11-13-21/h5-14,16-17,24,30H,3-4,15H2,1-2H3/b25-23-. The number of hydrogen-bond acceptors (Lipinski definition) is 5. The lowest BCUT2D eigenvalue weighted by Gasteiger charge is -2.25. The van der Waals surface area contributed by atoms with Crippen LogP contribution in [-0.2, 0) is 16.0 Å². The molecule has 1 aliphatic rings. The van der Waals surface area contributed by atoms with E-state index in [1.54, 1.807) is 48.8 Å². The maximum Gasteiger partial charge on any atom is 0.300 e. The molecule has 168 valence electrons. The lowest BCUT2D eigenvalue weighted by Crippen LogP contribution is -2.29. The number of hydrogen-bond donors (Lipinski definition) is 1. The number of carbonyl (C=O) groups excluding carboxylic acids is 2. The third-order valence-electron chi connectivity index (χ3n) is 5.65. The number of nitrogens with zero attached hydrogens (tertiary/aromatic N) is 2. The summed E-state index contributed by atoms with van der Waals surface area (Å²) in [6.07, 6.45) is 4.94. The van der Waals surface area contributed by atoms with Gasteiger partial charge in [0.2, 0.25) is 0 Å². The van der Waals surface area contributed by atoms with Crippen molar-refractivity contribution >= 4 is 23.1 Å². The number of amides is 1. The molecule has 6 heteroatoms. The molecule has 1 aromatic heterocycles. The molecule has 33 heavy (non-hydrogen) atoms. The van der Waals surface area contributed by atoms with Gasteiger partial charge in [-0.25, -0.2) is 0 Å². The minimum absolute atomic E-state index is 0.0280. The first-order valence-electron chi connectivity index (χ1n) is 11.1. The molecule has 1 unspecified atom stereocenters. The lowest BCUT2D eigenvalue weighted by atomic mass is 9.96. The molecule has 3 aromatic rings. The maximum atomic E-state index is 13.2. The molecule has 0 saturated carbocycles. The molecule has 0 bridgehead atoms. The van der Waals surface area contributed by atoms with Crippen molar-refractivity contribution in [3.63, 3.8) is 0 Å². The molecule has 0 aliphatic carbocycles. The van der Waals surface area contributed by atoms with E-state index < -0.39 is 17.7 Å². The molecule has 6 nitrogen and oxygen atoms in total. The van der Waals surface area contributed by atoms with E-state index in [1.165, 1.54) is 4.90 Å². The van der Waals surface area contributed by atoms with Crippen LogP contribution in [0.25, 0.3) is 5.76 Å². The number of ether oxygens (including phenoxy) is 1. The minimum Gasteiger partial charge on any atom is -0.507 e. The number of aryl methyl sites for hydroxylation is 1. The van der Waals surface area contributed by atoms with Gasteiger partial charge in [0.05, 0.1) is 18.2 Å². The molecule has 1 fully saturated rings. The fourth-order valence-electron chi connectivity index (χ4n) is 3.95. The zero-order valence-corrected chi connectivity index (χ0v) is 18.7. The van der Waals surface area contributed by atoms with Crippen LogP contribution in [0.5, 0.6) is 5.75 Å². The van der Waals surface area contributed by atoms with E-state index in [-0.39, 0.29) is 11.3 Å². The molecule has 2 aromatic carbocycles. The highest BCUT2D eigenvalue weighted by Crippen LogP contribution is 2.42. The number of pyridine rings is 1. The van der Waals surface area contributed by atoms with Gasteiger partial charge >= 0.3 is 0 Å². The Bertz CT molecular complexity index is 1190. The Labute approximate surface area is 193 Å². The number of aliphatic hydroxyl groups excluding tert-OH is 1. The van der Waals surface area contributed by atoms with E-state index in [9.17, 15) is 14.7 Å². The predicted molar refractivity (Wildman–Crippen MR) is 127 cm³/mol. The van der Waals surface area contributed by atoms with Gasteiger partial charge in [0.15, 0.2) is 0 Å². The van der Waals surface area contributed by atoms with E-state index in [2.05, 4.69) is 11.9 Å². The van der Waals surface area contributed by atoms with Crippen LogP contribution >= 0.6 is 0 Å². The monoisotopic (exact) mass is 442 g/mol. The summed E-state index contributed by atoms with van der Waals surface area (Å²) >= 11 is 0. The SMILES string of the molecule is CCCOc1cccc(/C(O)=C2/C(=O)C(=O)N(c3ccc(CC)cc3)C2c2cccnc2)c1. The average molecular weight is 443 g/mol. The van der Waals surface area contributed by atoms with Crippen LogP contribution in [0, 0.1) is 0 Å². The van der Waals surface area contributed by atoms with Crippen LogP contribution in [0.3, 0.4) is 0 Å². The normalized spacial score (nSPS) is 17.4. The fourth-order valence-corrected chi connectivity index (χ4v) is 3.95. The predicted octanol–water partition coefficient (Wildman–Crippen LogP) is 5.06. The van der Waals surface area contributed by atoms with Crippen molar-refractivity contribution in [2.45, 2.75) is 32.7 Å². The van der Waals surface area contributed by atoms with Crippen LogP contribution in [0.2, 0.25) is 0 Å². The van der Waals surface area contributed by atoms with Gasteiger partial charge in [-0.1, -0.05) is 44.2 Å². The number of aromatic nitrogens is 1. The fraction of sp³-hybridized carbons (Fsp3) is 0.222. The zero-order chi connectivity index (χ0) is 23.4. The molecule has 1 aliphatic heterocycles. The molecule has 4 rings (SSSR count). The van der Waals surface area contributed by atoms with E-state index in [0.717, 1.165) is 18.4 Å². The van der Waals surface area contributed by atoms with Crippen LogP contribution in [0.4, 0.5) is 5.69 Å². The zero-order valence-electron chi connectivity index (χ0n) is 18.7. The molecule has 1 atom stereocenters. The van der Waals surface area contributed by atoms with Crippen molar-refractivity contribution < 1.29 is 19.4 Å². The number of benzene rings is 2. The number of Topliss-reactive ketones (excluding diaryl/α,β-unsaturated/α-hetero) is 1. The van der Waals surface area contributed by atoms with E-state index in [0.29, 0.717) is 29.2 Å². The third-order valence-corrected chi connectivity index (χ3v) is 5.65. The average Bonchev–Trinajstić information content (AvgIpc) is 3.13. The molecule has 1 N–H and O–H groups in total. The molecule has 2 heterocycles. The number of aliphatic hydroxyl groups is 1. The summed E-state index contributed by atoms with van der Waals surface area (Å²) in [6, 6.07) is 17.2. The highest BCUT2D eigenvalue weighted by molar-refractivity contribution is 6.51. The van der Waals surface area contributed by atoms with Crippen molar-refractivity contribution in [2.24, 2.45) is 0 Å². The second-order valence-corrected chi connectivity index (χ2v) is 7.85. The summed E-state index contributed by atoms with van der Waals surface area (Å²) in [4.78, 5) is 32.0. The first-order chi connectivity index (χ1) is 16.0. The maximum absolute atomic E-state index is 13.2. The van der Waals surface area contributed by atoms with Crippen LogP contribution < -0.4 is 9.64 Å². The Balaban J connectivity index is 1.85. The Morgan fingerprint density at radius 1 is 1.06 bits per heavy atom. The van der Waals surface area contributed by atoms with Crippen molar-refractivity contribution in [3.8, 4) is 5.75 Å². The summed E-state index contributed by atoms with van der Waals surface area (Å²) in [5, 5.41) is 11.2. The summed E-state index contributed by atoms with van der Waals surface area (Å²) in [6.45, 7) is 4.60. The minimum atomic E-state index is -0.800. The van der Waals surface area contributed by atoms with E-state index >= 15 is 0 Å². The Morgan fingerprint density at radius 3 is 2.52 bits per heavy atom. The van der Waals surface area contributed by atoms with Gasteiger partial charge in [-0.15, -0.1) is 0 Å². The Hall–Kier alpha value is -3.93. The van der Waals surface area contributed by atoms with Gasteiger partial charge in [0.25, 0.3) is 11.7 Å². The lowest BCUT2D eigenvalue weighted by molar-refractivity contribution is -0.132. The van der Waals surface area contributed by atoms with Crippen LogP contribution in [0.15, 0.2) is 78.6 Å². The van der Waals surface area contributed by atoms with Gasteiger partial charge in [0.1, 0.15) is 11.5 Å². The highest BCUT2D eigenvalue weighted by atomic mass is 16.5. The molecule has 0 radical (unpaired) electrons. The Kier molecular flexibility index (Phi) is 6.54. The quantitative estimate of drug-likeness (QED) is 0.314. The first kappa shape index (κ1) is 22.3. The van der Waals surface area contributed by atoms with Crippen molar-refractivity contribution in [3.05, 3.63) is 95.3 Å². The van der Waals surface area contributed by atoms with Crippen molar-refractivity contribution in [2.75, 3.05) is 11.5 Å². The number of anilines is 1. The van der Waals surface area contributed by atoms with Gasteiger partial charge in [-0.2, -0.15) is 0 Å². The summed E-state index contributed by atoms with van der Waals surface area (Å²) in [5.41, 5.74) is 2.78. The van der Waals surface area contributed by atoms with Gasteiger partial charge in [0, 0.05) is 23.6 Å². The molecule has 1 amide bonds. The van der Waals surface area contributed by atoms with Gasteiger partial charge in [-0.3, -0.25) is 19.5 Å². The summed E-state index contributed by atoms with van der Waals surface area (Å²) in [7, 11) is 0. The third kappa shape index (κ3) is 4.37. The van der Waals surface area contributed by atoms with E-state index in [1.807, 2.05) is 31.2 Å². The van der Waals surface area contributed by atoms with Gasteiger partial charge < -0.3 is 9.84 Å². The molecule has 1 saturated heterocycles. The van der Waals surface area contributed by atoms with Gasteiger partial charge in [-0.05, 0) is 54.3 Å². The van der Waals surface area contributed by atoms with E-state index in [4.69, 9.17) is 4.74 Å². The van der Waals surface area contributed by atoms with Crippen LogP contribution in [0.1, 0.15) is 43.0 Å². The largest absolute Gasteiger partial charge is 0.507 e. The topological polar surface area (TPSA) is 79.7 Å². The number of carbonyl (C=O) groups is 2. The molecular formula is C27H26N2O4. The molecular weight excluding hydrogens is 416 g/mol. The van der Waals surface area contributed by atoms with Crippen molar-refractivity contribution in [1.82, 2.24) is 4.98 Å². The molecule has 0 spiro atoms. The second-order valence-electron chi connectivity index (χ2n) is 7.85. The summed E-state index contributed by atoms with van der Waals surface area (Å²) < 4.78 is 5.67. The summed E-state index contributed by atoms with van der Waals surface area (Å²) in [5.74, 6) is -1.08. The smallest absolute Gasteiger partial charge is 0.300 e. The number of ketones is 1. The second kappa shape index (κ2) is 9.69. The van der Waals surface area contributed by atoms with Crippen molar-refractivity contribution in [1.29, 1.82) is 0 Å². The van der Waals surface area contributed by atoms with Crippen LogP contribution in [-0.4, -0.2) is 28.4 Å². The Morgan fingerprint density at radius 2 is 1.85 bits per heavy atom.